The highest BCUT2D eigenvalue weighted by atomic mass is 79.9. The van der Waals surface area contributed by atoms with E-state index < -0.39 is 24.6 Å². The fourth-order valence-corrected chi connectivity index (χ4v) is 3.33. The molecule has 0 fully saturated rings. The van der Waals surface area contributed by atoms with E-state index in [-0.39, 0.29) is 22.9 Å². The molecule has 10 nitrogen and oxygen atoms in total. The lowest BCUT2D eigenvalue weighted by molar-refractivity contribution is 0.115. The van der Waals surface area contributed by atoms with E-state index in [9.17, 15) is 27.2 Å². The molecule has 15 heteroatoms. The molecule has 0 bridgehead atoms. The Kier molecular flexibility index (Phi) is 13.1. The average molecular weight is 643 g/mol. The molecule has 0 saturated carbocycles. The van der Waals surface area contributed by atoms with Gasteiger partial charge in [-0.15, -0.1) is 20.4 Å². The van der Waals surface area contributed by atoms with Gasteiger partial charge in [-0.1, -0.05) is 39.2 Å². The second-order valence-corrected chi connectivity index (χ2v) is 9.20. The maximum Gasteiger partial charge on any atom is 0.314 e. The van der Waals surface area contributed by atoms with Gasteiger partial charge < -0.3 is 18.4 Å². The van der Waals surface area contributed by atoms with Gasteiger partial charge in [0.15, 0.2) is 0 Å². The van der Waals surface area contributed by atoms with Crippen molar-refractivity contribution in [3.05, 3.63) is 92.4 Å². The first-order valence-corrected chi connectivity index (χ1v) is 13.0. The van der Waals surface area contributed by atoms with Crippen LogP contribution in [0.5, 0.6) is 0 Å². The van der Waals surface area contributed by atoms with E-state index in [4.69, 9.17) is 4.42 Å². The first-order chi connectivity index (χ1) is 19.4. The zero-order chi connectivity index (χ0) is 30.5. The molecule has 41 heavy (non-hydrogen) atoms. The molecule has 0 spiro atoms. The molecule has 0 aliphatic heterocycles. The van der Waals surface area contributed by atoms with Crippen LogP contribution in [-0.4, -0.2) is 35.3 Å². The largest absolute Gasteiger partial charge is 0.415 e. The fourth-order valence-electron chi connectivity index (χ4n) is 2.68. The Labute approximate surface area is 240 Å². The number of halogens is 5. The minimum absolute atomic E-state index is 0.0910. The smallest absolute Gasteiger partial charge is 0.314 e. The maximum absolute atomic E-state index is 12.3. The van der Waals surface area contributed by atoms with Gasteiger partial charge >= 0.3 is 12.9 Å². The first kappa shape index (κ1) is 33.1. The van der Waals surface area contributed by atoms with Gasteiger partial charge in [-0.25, -0.2) is 0 Å². The molecule has 0 radical (unpaired) electrons. The van der Waals surface area contributed by atoms with Crippen LogP contribution in [0.15, 0.2) is 78.4 Å². The Balaban J connectivity index is 0.000000246. The molecule has 4 heterocycles. The number of H-pyrrole nitrogens is 1. The third kappa shape index (κ3) is 11.1. The molecule has 0 unspecified atom stereocenters. The Hall–Kier alpha value is -4.14. The Morgan fingerprint density at radius 1 is 0.878 bits per heavy atom. The summed E-state index contributed by atoms with van der Waals surface area (Å²) >= 11 is 3.27. The fraction of sp³-hybridized carbons (Fsp3) is 0.308. The van der Waals surface area contributed by atoms with Gasteiger partial charge in [0.05, 0.1) is 0 Å². The monoisotopic (exact) mass is 642 g/mol. The standard InChI is InChI=1S/C13H13F2N3O2.C8H5F2N3O2.C5H9Br/c1-8(2)3-5-18-6-4-9(7-10(18)19)12-16-17-13(20-12)11(14)15;9-6(10)8-13-12-7(15-8)4-1-2-11-5(14)3-4;1-5(2)3-4-6/h3-4,6-7,11H,5H2,1-2H3;1-3,6H,(H,11,14);3H,4H2,1-2H3. The Bertz CT molecular complexity index is 1570. The topological polar surface area (TPSA) is 133 Å². The van der Waals surface area contributed by atoms with E-state index in [1.54, 1.807) is 12.3 Å². The van der Waals surface area contributed by atoms with Crippen LogP contribution in [0.3, 0.4) is 0 Å². The van der Waals surface area contributed by atoms with Crippen LogP contribution in [0.1, 0.15) is 52.3 Å². The number of alkyl halides is 5. The molecule has 4 aromatic heterocycles. The normalized spacial score (nSPS) is 10.4. The van der Waals surface area contributed by atoms with Crippen molar-refractivity contribution in [1.82, 2.24) is 29.9 Å². The molecule has 0 aliphatic rings. The minimum atomic E-state index is -2.82. The van der Waals surface area contributed by atoms with Crippen LogP contribution < -0.4 is 11.1 Å². The molecule has 4 aromatic rings. The zero-order valence-electron chi connectivity index (χ0n) is 22.4. The van der Waals surface area contributed by atoms with Gasteiger partial charge in [-0.05, 0) is 39.8 Å². The minimum Gasteiger partial charge on any atom is -0.415 e. The number of hydrogen-bond acceptors (Lipinski definition) is 8. The lowest BCUT2D eigenvalue weighted by Gasteiger charge is -2.02. The van der Waals surface area contributed by atoms with Crippen LogP contribution in [0, 0.1) is 0 Å². The lowest BCUT2D eigenvalue weighted by atomic mass is 10.2. The Morgan fingerprint density at radius 2 is 1.41 bits per heavy atom. The van der Waals surface area contributed by atoms with Gasteiger partial charge in [-0.3, -0.25) is 9.59 Å². The summed E-state index contributed by atoms with van der Waals surface area (Å²) in [6, 6.07) is 5.51. The van der Waals surface area contributed by atoms with E-state index >= 15 is 0 Å². The van der Waals surface area contributed by atoms with Gasteiger partial charge in [-0.2, -0.15) is 17.6 Å². The summed E-state index contributed by atoms with van der Waals surface area (Å²) in [6.45, 7) is 8.49. The summed E-state index contributed by atoms with van der Waals surface area (Å²) in [4.78, 5) is 25.2. The highest BCUT2D eigenvalue weighted by Gasteiger charge is 2.18. The van der Waals surface area contributed by atoms with Crippen LogP contribution in [0.25, 0.3) is 22.9 Å². The second kappa shape index (κ2) is 16.2. The maximum atomic E-state index is 12.3. The SMILES string of the molecule is CC(C)=CCBr.CC(C)=CCn1ccc(-c2nnc(C(F)F)o2)cc1=O.O=c1cc(-c2nnc(C(F)F)o2)cc[nH]1. The Morgan fingerprint density at radius 3 is 1.80 bits per heavy atom. The average Bonchev–Trinajstić information content (AvgIpc) is 3.60. The van der Waals surface area contributed by atoms with Crippen LogP contribution in [0.2, 0.25) is 0 Å². The summed E-state index contributed by atoms with van der Waals surface area (Å²) in [5, 5.41) is 14.2. The van der Waals surface area contributed by atoms with E-state index in [1.807, 2.05) is 19.9 Å². The molecule has 1 N–H and O–H groups in total. The zero-order valence-corrected chi connectivity index (χ0v) is 24.0. The highest BCUT2D eigenvalue weighted by molar-refractivity contribution is 9.09. The summed E-state index contributed by atoms with van der Waals surface area (Å²) in [5.41, 5.74) is 2.45. The quantitative estimate of drug-likeness (QED) is 0.137. The number of aromatic amines is 1. The van der Waals surface area contributed by atoms with E-state index in [0.717, 1.165) is 10.9 Å². The lowest BCUT2D eigenvalue weighted by Crippen LogP contribution is -2.17. The first-order valence-electron chi connectivity index (χ1n) is 11.9. The van der Waals surface area contributed by atoms with Gasteiger partial charge in [0.1, 0.15) is 0 Å². The van der Waals surface area contributed by atoms with E-state index in [2.05, 4.69) is 65.6 Å². The number of pyridine rings is 2. The van der Waals surface area contributed by atoms with Gasteiger partial charge in [0.25, 0.3) is 17.3 Å². The third-order valence-corrected chi connectivity index (χ3v) is 5.03. The second-order valence-electron chi connectivity index (χ2n) is 8.56. The van der Waals surface area contributed by atoms with Crippen molar-refractivity contribution in [2.45, 2.75) is 47.1 Å². The van der Waals surface area contributed by atoms with E-state index in [0.29, 0.717) is 17.7 Å². The van der Waals surface area contributed by atoms with Crippen molar-refractivity contribution in [2.24, 2.45) is 0 Å². The number of aromatic nitrogens is 6. The van der Waals surface area contributed by atoms with Gasteiger partial charge in [0, 0.05) is 47.5 Å². The van der Waals surface area contributed by atoms with Crippen molar-refractivity contribution in [1.29, 1.82) is 0 Å². The molecule has 220 valence electrons. The van der Waals surface area contributed by atoms with E-state index in [1.165, 1.54) is 34.5 Å². The molecule has 0 aromatic carbocycles. The molecular formula is C26H27BrF4N6O4. The predicted octanol–water partition coefficient (Wildman–Crippen LogP) is 6.51. The van der Waals surface area contributed by atoms with Crippen molar-refractivity contribution in [3.63, 3.8) is 0 Å². The number of allylic oxidation sites excluding steroid dienone is 4. The van der Waals surface area contributed by atoms with Gasteiger partial charge in [0.2, 0.25) is 17.3 Å². The van der Waals surface area contributed by atoms with Crippen molar-refractivity contribution >= 4 is 15.9 Å². The summed E-state index contributed by atoms with van der Waals surface area (Å²) in [6.07, 6.45) is 1.32. The molecule has 0 atom stereocenters. The number of nitrogens with one attached hydrogen (secondary N) is 1. The molecular weight excluding hydrogens is 616 g/mol. The van der Waals surface area contributed by atoms with Crippen LogP contribution in [-0.2, 0) is 6.54 Å². The highest BCUT2D eigenvalue weighted by Crippen LogP contribution is 2.23. The van der Waals surface area contributed by atoms with Crippen LogP contribution >= 0.6 is 15.9 Å². The van der Waals surface area contributed by atoms with Crippen molar-refractivity contribution < 1.29 is 26.4 Å². The summed E-state index contributed by atoms with van der Waals surface area (Å²) in [5.74, 6) is -1.71. The van der Waals surface area contributed by atoms with Crippen LogP contribution in [0.4, 0.5) is 17.6 Å². The summed E-state index contributed by atoms with van der Waals surface area (Å²) in [7, 11) is 0. The molecule has 0 amide bonds. The predicted molar refractivity (Wildman–Crippen MR) is 147 cm³/mol. The summed E-state index contributed by atoms with van der Waals surface area (Å²) < 4.78 is 59.9. The number of hydrogen-bond donors (Lipinski definition) is 1. The molecule has 0 saturated heterocycles. The number of rotatable bonds is 7. The number of nitrogens with zero attached hydrogens (tertiary/aromatic N) is 5. The van der Waals surface area contributed by atoms with Crippen molar-refractivity contribution in [2.75, 3.05) is 5.33 Å². The molecule has 0 aliphatic carbocycles. The third-order valence-electron chi connectivity index (χ3n) is 4.70. The molecule has 4 rings (SSSR count). The van der Waals surface area contributed by atoms with Crippen molar-refractivity contribution in [3.8, 4) is 22.9 Å².